The van der Waals surface area contributed by atoms with Crippen LogP contribution < -0.4 is 0 Å². The van der Waals surface area contributed by atoms with Crippen molar-refractivity contribution in [3.63, 3.8) is 0 Å². The normalized spacial score (nSPS) is 8.45. The second-order valence-electron chi connectivity index (χ2n) is 3.56. The number of nitro benzene ring substituents is 2. The minimum absolute atomic E-state index is 0. The van der Waals surface area contributed by atoms with Gasteiger partial charge in [-0.1, -0.05) is 24.6 Å². The Hall–Kier alpha value is -1.58. The molecule has 6 nitrogen and oxygen atoms in total. The van der Waals surface area contributed by atoms with Gasteiger partial charge < -0.3 is 0 Å². The molecule has 2 aromatic rings. The number of nitro groups is 2. The monoisotopic (exact) mass is 482 g/mol. The average molecular weight is 482 g/mol. The quantitative estimate of drug-likeness (QED) is 0.285. The number of benzene rings is 2. The van der Waals surface area contributed by atoms with E-state index in [1.807, 2.05) is 0 Å². The maximum atomic E-state index is 12.3. The van der Waals surface area contributed by atoms with E-state index in [1.54, 1.807) is 19.1 Å². The number of nitrogens with zero attached hydrogens (tertiary/aromatic N) is 2. The Labute approximate surface area is 151 Å². The Kier molecular flexibility index (Phi) is 11.4. The molecule has 22 heavy (non-hydrogen) atoms. The molecule has 0 saturated carbocycles. The Bertz CT molecular complexity index is 585. The zero-order valence-corrected chi connectivity index (χ0v) is 14.3. The van der Waals surface area contributed by atoms with Crippen molar-refractivity contribution in [3.8, 4) is 0 Å². The summed E-state index contributed by atoms with van der Waals surface area (Å²) in [7, 11) is 0. The summed E-state index contributed by atoms with van der Waals surface area (Å²) in [5, 5.41) is 20.2. The minimum Gasteiger partial charge on any atom is -0.270 e. The fraction of sp³-hybridized carbons (Fsp3) is 0.0769. The van der Waals surface area contributed by atoms with E-state index in [1.165, 1.54) is 18.2 Å². The van der Waals surface area contributed by atoms with E-state index < -0.39 is 21.4 Å². The Morgan fingerprint density at radius 2 is 1.41 bits per heavy atom. The van der Waals surface area contributed by atoms with Crippen LogP contribution in [-0.2, 0) is 39.0 Å². The first-order valence-corrected chi connectivity index (χ1v) is 5.35. The predicted octanol–water partition coefficient (Wildman–Crippen LogP) is 3.23. The molecule has 0 N–H and O–H groups in total. The molecule has 9 heteroatoms. The summed E-state index contributed by atoms with van der Waals surface area (Å²) in [6.45, 7) is 1.66. The van der Waals surface area contributed by atoms with Gasteiger partial charge in [-0.3, -0.25) is 20.2 Å². The van der Waals surface area contributed by atoms with Crippen LogP contribution in [0.25, 0.3) is 0 Å². The molecule has 0 aliphatic carbocycles. The number of aryl methyl sites for hydroxylation is 1. The molecular formula is C13H9FN2O4Rh2-2. The van der Waals surface area contributed by atoms with Crippen molar-refractivity contribution in [2.45, 2.75) is 6.92 Å². The topological polar surface area (TPSA) is 86.3 Å². The molecule has 0 spiro atoms. The van der Waals surface area contributed by atoms with E-state index in [-0.39, 0.29) is 44.6 Å². The van der Waals surface area contributed by atoms with Gasteiger partial charge in [0.25, 0.3) is 0 Å². The number of hydrogen-bond donors (Lipinski definition) is 0. The second kappa shape index (κ2) is 11.0. The third-order valence-electron chi connectivity index (χ3n) is 2.21. The largest absolute Gasteiger partial charge is 0.270 e. The molecular weight excluding hydrogens is 473 g/mol. The molecule has 0 aliphatic rings. The van der Waals surface area contributed by atoms with Crippen molar-refractivity contribution in [1.29, 1.82) is 0 Å². The standard InChI is InChI=1S/C7H6NO2.C6H3FNO2.2Rh/c1-6-4-2-3-5-7(6)8(9)10;7-5-3-1-2-4-6(5)8(9)10;;/h2-3,5H,1H3;1-2,4H;;/q2*-1;;. The molecule has 0 heterocycles. The smallest absolute Gasteiger partial charge is 0.197 e. The summed E-state index contributed by atoms with van der Waals surface area (Å²) in [5.74, 6) is -0.924. The minimum atomic E-state index is -0.924. The van der Waals surface area contributed by atoms with Crippen LogP contribution in [0.3, 0.4) is 0 Å². The average Bonchev–Trinajstić information content (AvgIpc) is 2.40. The SMILES string of the molecule is Cc1[c-]cccc1[N+](=O)[O-].O=[N+]([O-])c1ccc[c-]c1F.[Rh].[Rh]. The van der Waals surface area contributed by atoms with E-state index >= 15 is 0 Å². The van der Waals surface area contributed by atoms with Gasteiger partial charge in [0.15, 0.2) is 11.4 Å². The Balaban J connectivity index is 0. The summed E-state index contributed by atoms with van der Waals surface area (Å²) < 4.78 is 12.3. The van der Waals surface area contributed by atoms with E-state index in [0.717, 1.165) is 6.07 Å². The van der Waals surface area contributed by atoms with Gasteiger partial charge in [0, 0.05) is 48.8 Å². The van der Waals surface area contributed by atoms with Crippen LogP contribution in [0, 0.1) is 45.1 Å². The third kappa shape index (κ3) is 6.92. The summed E-state index contributed by atoms with van der Waals surface area (Å²) in [6, 6.07) is 13.3. The van der Waals surface area contributed by atoms with Crippen molar-refractivity contribution in [2.24, 2.45) is 0 Å². The molecule has 2 aromatic carbocycles. The Morgan fingerprint density at radius 1 is 0.955 bits per heavy atom. The third-order valence-corrected chi connectivity index (χ3v) is 2.21. The van der Waals surface area contributed by atoms with Crippen molar-refractivity contribution >= 4 is 11.4 Å². The maximum Gasteiger partial charge on any atom is 0.197 e. The van der Waals surface area contributed by atoms with Gasteiger partial charge in [-0.25, -0.2) is 4.39 Å². The molecule has 122 valence electrons. The zero-order chi connectivity index (χ0) is 15.1. The molecule has 0 aliphatic heterocycles. The van der Waals surface area contributed by atoms with Gasteiger partial charge >= 0.3 is 0 Å². The molecule has 0 bridgehead atoms. The van der Waals surface area contributed by atoms with Crippen LogP contribution >= 0.6 is 0 Å². The van der Waals surface area contributed by atoms with Crippen molar-refractivity contribution in [1.82, 2.24) is 0 Å². The first kappa shape index (κ1) is 22.7. The molecule has 0 aromatic heterocycles. The molecule has 0 atom stereocenters. The number of hydrogen-bond acceptors (Lipinski definition) is 4. The van der Waals surface area contributed by atoms with Crippen LogP contribution in [0.15, 0.2) is 36.4 Å². The molecule has 0 unspecified atom stereocenters. The summed E-state index contributed by atoms with van der Waals surface area (Å²) in [4.78, 5) is 19.0. The van der Waals surface area contributed by atoms with Gasteiger partial charge in [-0.15, -0.1) is 6.07 Å². The first-order valence-electron chi connectivity index (χ1n) is 5.35. The van der Waals surface area contributed by atoms with Crippen LogP contribution in [0.1, 0.15) is 5.56 Å². The van der Waals surface area contributed by atoms with E-state index in [9.17, 15) is 24.6 Å². The summed E-state index contributed by atoms with van der Waals surface area (Å²) in [6.07, 6.45) is 0. The molecule has 0 saturated heterocycles. The first-order chi connectivity index (χ1) is 9.43. The summed E-state index contributed by atoms with van der Waals surface area (Å²) in [5.41, 5.74) is 0.164. The molecule has 0 amide bonds. The van der Waals surface area contributed by atoms with Crippen molar-refractivity contribution < 1.29 is 53.2 Å². The van der Waals surface area contributed by atoms with Gasteiger partial charge in [0.2, 0.25) is 0 Å². The maximum absolute atomic E-state index is 12.3. The Morgan fingerprint density at radius 3 is 1.73 bits per heavy atom. The summed E-state index contributed by atoms with van der Waals surface area (Å²) >= 11 is 0. The van der Waals surface area contributed by atoms with E-state index in [4.69, 9.17) is 0 Å². The number of rotatable bonds is 2. The van der Waals surface area contributed by atoms with Gasteiger partial charge in [0.05, 0.1) is 5.82 Å². The van der Waals surface area contributed by atoms with Gasteiger partial charge in [0.1, 0.15) is 0 Å². The molecule has 2 rings (SSSR count). The van der Waals surface area contributed by atoms with Crippen molar-refractivity contribution in [3.05, 3.63) is 80.1 Å². The van der Waals surface area contributed by atoms with Gasteiger partial charge in [-0.2, -0.15) is 30.3 Å². The van der Waals surface area contributed by atoms with Crippen LogP contribution in [-0.4, -0.2) is 9.85 Å². The van der Waals surface area contributed by atoms with E-state index in [0.29, 0.717) is 5.56 Å². The fourth-order valence-electron chi connectivity index (χ4n) is 1.26. The number of halogens is 1. The van der Waals surface area contributed by atoms with Crippen LogP contribution in [0.2, 0.25) is 0 Å². The fourth-order valence-corrected chi connectivity index (χ4v) is 1.26. The predicted molar refractivity (Wildman–Crippen MR) is 68.6 cm³/mol. The van der Waals surface area contributed by atoms with Crippen LogP contribution in [0.4, 0.5) is 15.8 Å². The molecule has 0 fully saturated rings. The van der Waals surface area contributed by atoms with E-state index in [2.05, 4.69) is 12.1 Å². The molecule has 2 radical (unpaired) electrons. The zero-order valence-electron chi connectivity index (χ0n) is 11.0. The van der Waals surface area contributed by atoms with Crippen LogP contribution in [0.5, 0.6) is 0 Å². The van der Waals surface area contributed by atoms with Gasteiger partial charge in [-0.05, 0) is 0 Å². The van der Waals surface area contributed by atoms with Crippen molar-refractivity contribution in [2.75, 3.05) is 0 Å². The second-order valence-corrected chi connectivity index (χ2v) is 3.56.